The molecule has 166 valence electrons. The van der Waals surface area contributed by atoms with Gasteiger partial charge in [0.2, 0.25) is 11.7 Å². The van der Waals surface area contributed by atoms with Crippen LogP contribution in [-0.4, -0.2) is 34.4 Å². The van der Waals surface area contributed by atoms with Crippen LogP contribution < -0.4 is 10.9 Å². The monoisotopic (exact) mass is 446 g/mol. The molecule has 0 saturated heterocycles. The first-order chi connectivity index (χ1) is 15.3. The second kappa shape index (κ2) is 8.35. The number of H-pyrrole nitrogens is 1. The maximum atomic E-state index is 13.5. The van der Waals surface area contributed by atoms with E-state index in [1.165, 1.54) is 31.4 Å². The van der Waals surface area contributed by atoms with Crippen LogP contribution in [0.4, 0.5) is 18.9 Å². The highest BCUT2D eigenvalue weighted by atomic mass is 19.4. The zero-order chi connectivity index (χ0) is 22.9. The second-order valence-corrected chi connectivity index (χ2v) is 6.83. The summed E-state index contributed by atoms with van der Waals surface area (Å²) in [6.07, 6.45) is -4.92. The van der Waals surface area contributed by atoms with Gasteiger partial charge in [-0.3, -0.25) is 19.4 Å². The lowest BCUT2D eigenvalue weighted by atomic mass is 10.2. The third kappa shape index (κ3) is 4.14. The normalized spacial score (nSPS) is 11.8. The van der Waals surface area contributed by atoms with E-state index in [0.717, 1.165) is 0 Å². The van der Waals surface area contributed by atoms with Crippen LogP contribution in [0.25, 0.3) is 22.4 Å². The molecule has 0 radical (unpaired) electrons. The largest absolute Gasteiger partial charge is 0.452 e. The molecule has 0 unspecified atom stereocenters. The summed E-state index contributed by atoms with van der Waals surface area (Å²) in [7, 11) is 1.53. The Kier molecular flexibility index (Phi) is 5.57. The maximum absolute atomic E-state index is 13.5. The minimum Gasteiger partial charge on any atom is -0.431 e. The van der Waals surface area contributed by atoms with E-state index in [2.05, 4.69) is 15.4 Å². The lowest BCUT2D eigenvalue weighted by molar-refractivity contribution is -0.153. The topological polar surface area (TPSA) is 102 Å². The van der Waals surface area contributed by atoms with Gasteiger partial charge in [-0.1, -0.05) is 18.2 Å². The van der Waals surface area contributed by atoms with Gasteiger partial charge in [0.05, 0.1) is 24.1 Å². The fourth-order valence-corrected chi connectivity index (χ4v) is 3.19. The van der Waals surface area contributed by atoms with Gasteiger partial charge in [0.25, 0.3) is 11.5 Å². The number of halogens is 3. The first kappa shape index (κ1) is 21.4. The number of hydrogen-bond donors (Lipinski definition) is 2. The standard InChI is InChI=1S/C21H17F3N4O4/c1-31-10-9-28-15-8-7-13(11-14(15)18(29)27-28)25-19(30)16-17(21(22,23)24)32-20(26-16)12-5-3-2-4-6-12/h2-8,11H,9-10H2,1H3,(H,25,30)(H,27,29). The SMILES string of the molecule is COCCn1[nH]c(=O)c2cc(NC(=O)c3nc(-c4ccccc4)oc3C(F)(F)F)ccc21. The Bertz CT molecular complexity index is 1320. The summed E-state index contributed by atoms with van der Waals surface area (Å²) in [5.41, 5.74) is -0.315. The fraction of sp³-hybridized carbons (Fsp3) is 0.190. The number of carbonyl (C=O) groups excluding carboxylic acids is 1. The zero-order valence-corrected chi connectivity index (χ0v) is 16.7. The highest BCUT2D eigenvalue weighted by molar-refractivity contribution is 6.04. The van der Waals surface area contributed by atoms with Gasteiger partial charge in [0.1, 0.15) is 0 Å². The predicted molar refractivity (Wildman–Crippen MR) is 109 cm³/mol. The highest BCUT2D eigenvalue weighted by Crippen LogP contribution is 2.35. The summed E-state index contributed by atoms with van der Waals surface area (Å²) in [6, 6.07) is 12.4. The van der Waals surface area contributed by atoms with Crippen LogP contribution in [0.5, 0.6) is 0 Å². The first-order valence-electron chi connectivity index (χ1n) is 9.44. The van der Waals surface area contributed by atoms with Crippen molar-refractivity contribution in [2.45, 2.75) is 12.7 Å². The molecule has 0 aliphatic rings. The van der Waals surface area contributed by atoms with Crippen LogP contribution in [0.2, 0.25) is 0 Å². The number of ether oxygens (including phenoxy) is 1. The van der Waals surface area contributed by atoms with Crippen LogP contribution in [0.1, 0.15) is 16.2 Å². The van der Waals surface area contributed by atoms with Crippen molar-refractivity contribution >= 4 is 22.5 Å². The fourth-order valence-electron chi connectivity index (χ4n) is 3.19. The van der Waals surface area contributed by atoms with E-state index in [1.54, 1.807) is 28.9 Å². The summed E-state index contributed by atoms with van der Waals surface area (Å²) in [5, 5.41) is 5.27. The van der Waals surface area contributed by atoms with Gasteiger partial charge in [0.15, 0.2) is 5.69 Å². The summed E-state index contributed by atoms with van der Waals surface area (Å²) >= 11 is 0. The molecule has 2 aromatic carbocycles. The third-order valence-corrected chi connectivity index (χ3v) is 4.67. The lowest BCUT2D eigenvalue weighted by Crippen LogP contribution is -2.18. The average Bonchev–Trinajstić information content (AvgIpc) is 3.35. The molecule has 11 heteroatoms. The number of nitrogens with one attached hydrogen (secondary N) is 2. The number of hydrogen-bond acceptors (Lipinski definition) is 5. The molecule has 32 heavy (non-hydrogen) atoms. The molecule has 0 fully saturated rings. The van der Waals surface area contributed by atoms with E-state index in [-0.39, 0.29) is 17.0 Å². The summed E-state index contributed by atoms with van der Waals surface area (Å²) in [6.45, 7) is 0.769. The van der Waals surface area contributed by atoms with E-state index in [1.807, 2.05) is 0 Å². The molecular weight excluding hydrogens is 429 g/mol. The number of methoxy groups -OCH3 is 1. The number of carbonyl (C=O) groups is 1. The van der Waals surface area contributed by atoms with Crippen LogP contribution in [0.3, 0.4) is 0 Å². The predicted octanol–water partition coefficient (Wildman–Crippen LogP) is 3.90. The molecular formula is C21H17F3N4O4. The van der Waals surface area contributed by atoms with Gasteiger partial charge in [-0.2, -0.15) is 13.2 Å². The number of fused-ring (bicyclic) bond motifs is 1. The van der Waals surface area contributed by atoms with Crippen molar-refractivity contribution in [1.82, 2.24) is 14.8 Å². The number of oxazole rings is 1. The minimum absolute atomic E-state index is 0.134. The summed E-state index contributed by atoms with van der Waals surface area (Å²) < 4.78 is 51.9. The van der Waals surface area contributed by atoms with Gasteiger partial charge in [-0.05, 0) is 30.3 Å². The van der Waals surface area contributed by atoms with E-state index >= 15 is 0 Å². The number of aromatic amines is 1. The van der Waals surface area contributed by atoms with Crippen molar-refractivity contribution in [1.29, 1.82) is 0 Å². The van der Waals surface area contributed by atoms with E-state index in [4.69, 9.17) is 9.15 Å². The van der Waals surface area contributed by atoms with Gasteiger partial charge in [-0.15, -0.1) is 0 Å². The molecule has 4 rings (SSSR count). The molecule has 0 bridgehead atoms. The Morgan fingerprint density at radius 3 is 2.66 bits per heavy atom. The highest BCUT2D eigenvalue weighted by Gasteiger charge is 2.42. The molecule has 2 N–H and O–H groups in total. The molecule has 8 nitrogen and oxygen atoms in total. The van der Waals surface area contributed by atoms with Crippen molar-refractivity contribution in [2.24, 2.45) is 0 Å². The molecule has 0 spiro atoms. The van der Waals surface area contributed by atoms with Crippen molar-refractivity contribution in [3.8, 4) is 11.5 Å². The van der Waals surface area contributed by atoms with Crippen molar-refractivity contribution in [3.05, 3.63) is 70.3 Å². The summed E-state index contributed by atoms with van der Waals surface area (Å²) in [4.78, 5) is 28.6. The number of rotatable bonds is 6. The molecule has 2 aromatic heterocycles. The molecule has 2 heterocycles. The van der Waals surface area contributed by atoms with Gasteiger partial charge in [0, 0.05) is 18.4 Å². The van der Waals surface area contributed by atoms with Crippen molar-refractivity contribution in [3.63, 3.8) is 0 Å². The number of benzene rings is 2. The van der Waals surface area contributed by atoms with Crippen molar-refractivity contribution < 1.29 is 27.1 Å². The quantitative estimate of drug-likeness (QED) is 0.468. The molecule has 0 aliphatic carbocycles. The smallest absolute Gasteiger partial charge is 0.431 e. The van der Waals surface area contributed by atoms with Crippen molar-refractivity contribution in [2.75, 3.05) is 19.0 Å². The Labute approximate surface area is 178 Å². The maximum Gasteiger partial charge on any atom is 0.452 e. The van der Waals surface area contributed by atoms with Crippen LogP contribution >= 0.6 is 0 Å². The lowest BCUT2D eigenvalue weighted by Gasteiger charge is -2.07. The Morgan fingerprint density at radius 2 is 1.97 bits per heavy atom. The average molecular weight is 446 g/mol. The van der Waals surface area contributed by atoms with E-state index < -0.39 is 29.1 Å². The number of alkyl halides is 3. The Balaban J connectivity index is 1.66. The van der Waals surface area contributed by atoms with E-state index in [9.17, 15) is 22.8 Å². The Hall–Kier alpha value is -3.86. The van der Waals surface area contributed by atoms with Crippen LogP contribution in [-0.2, 0) is 17.5 Å². The molecule has 1 amide bonds. The molecule has 0 atom stereocenters. The first-order valence-corrected chi connectivity index (χ1v) is 9.44. The Morgan fingerprint density at radius 1 is 1.22 bits per heavy atom. The minimum atomic E-state index is -4.92. The molecule has 4 aromatic rings. The van der Waals surface area contributed by atoms with Crippen LogP contribution in [0.15, 0.2) is 57.7 Å². The second-order valence-electron chi connectivity index (χ2n) is 6.83. The number of amides is 1. The number of nitrogens with zero attached hydrogens (tertiary/aromatic N) is 2. The summed E-state index contributed by atoms with van der Waals surface area (Å²) in [5.74, 6) is -2.94. The van der Waals surface area contributed by atoms with Crippen LogP contribution in [0, 0.1) is 0 Å². The third-order valence-electron chi connectivity index (χ3n) is 4.67. The molecule has 0 saturated carbocycles. The van der Waals surface area contributed by atoms with Gasteiger partial charge in [-0.25, -0.2) is 4.98 Å². The van der Waals surface area contributed by atoms with Gasteiger partial charge < -0.3 is 14.5 Å². The van der Waals surface area contributed by atoms with Gasteiger partial charge >= 0.3 is 6.18 Å². The zero-order valence-electron chi connectivity index (χ0n) is 16.7. The number of anilines is 1. The number of aromatic nitrogens is 3. The van der Waals surface area contributed by atoms with E-state index in [0.29, 0.717) is 24.2 Å². The molecule has 0 aliphatic heterocycles.